The second-order valence-corrected chi connectivity index (χ2v) is 5.54. The van der Waals surface area contributed by atoms with Crippen LogP contribution in [0.2, 0.25) is 6.04 Å². The maximum atomic E-state index is 5.21. The van der Waals surface area contributed by atoms with E-state index in [1.807, 2.05) is 0 Å². The van der Waals surface area contributed by atoms with Crippen molar-refractivity contribution in [3.8, 4) is 0 Å². The van der Waals surface area contributed by atoms with E-state index in [4.69, 9.17) is 9.47 Å². The molecule has 0 spiro atoms. The van der Waals surface area contributed by atoms with Gasteiger partial charge < -0.3 is 9.47 Å². The summed E-state index contributed by atoms with van der Waals surface area (Å²) >= 11 is 0. The van der Waals surface area contributed by atoms with Crippen LogP contribution in [0.5, 0.6) is 0 Å². The van der Waals surface area contributed by atoms with E-state index in [1.54, 1.807) is 14.2 Å². The lowest BCUT2D eigenvalue weighted by molar-refractivity contribution is -0.0444. The highest BCUT2D eigenvalue weighted by Crippen LogP contribution is 2.45. The van der Waals surface area contributed by atoms with Gasteiger partial charge in [0.2, 0.25) is 0 Å². The van der Waals surface area contributed by atoms with Crippen molar-refractivity contribution in [2.45, 2.75) is 24.8 Å². The quantitative estimate of drug-likeness (QED) is 0.392. The third-order valence-corrected chi connectivity index (χ3v) is 4.96. The number of allylic oxidation sites excluding steroid dienone is 2. The first-order valence-corrected chi connectivity index (χ1v) is 6.59. The first kappa shape index (κ1) is 10.4. The van der Waals surface area contributed by atoms with E-state index in [1.165, 1.54) is 18.9 Å². The average molecular weight is 210 g/mol. The van der Waals surface area contributed by atoms with Gasteiger partial charge in [0.05, 0.1) is 0 Å². The summed E-state index contributed by atoms with van der Waals surface area (Å²) in [4.78, 5) is 0. The largest absolute Gasteiger partial charge is 0.360 e. The van der Waals surface area contributed by atoms with Crippen LogP contribution in [0.15, 0.2) is 12.2 Å². The molecule has 2 nitrogen and oxygen atoms in total. The van der Waals surface area contributed by atoms with Crippen LogP contribution in [-0.4, -0.2) is 29.7 Å². The smallest absolute Gasteiger partial charge is 0.136 e. The Bertz CT molecular complexity index is 213. The van der Waals surface area contributed by atoms with Crippen LogP contribution in [-0.2, 0) is 9.47 Å². The summed E-state index contributed by atoms with van der Waals surface area (Å²) in [6.45, 7) is 0. The molecule has 0 aliphatic heterocycles. The van der Waals surface area contributed by atoms with Gasteiger partial charge in [-0.05, 0) is 30.6 Å². The Kier molecular flexibility index (Phi) is 3.41. The van der Waals surface area contributed by atoms with Gasteiger partial charge in [0, 0.05) is 14.2 Å². The second kappa shape index (κ2) is 4.60. The van der Waals surface area contributed by atoms with Crippen molar-refractivity contribution in [2.24, 2.45) is 17.8 Å². The van der Waals surface area contributed by atoms with Crippen molar-refractivity contribution in [1.82, 2.24) is 0 Å². The zero-order valence-corrected chi connectivity index (χ0v) is 9.90. The van der Waals surface area contributed by atoms with Gasteiger partial charge >= 0.3 is 0 Å². The summed E-state index contributed by atoms with van der Waals surface area (Å²) in [5, 5.41) is 0. The summed E-state index contributed by atoms with van der Waals surface area (Å²) in [6.07, 6.45) is 7.61. The molecular formula is C11H18O2Si. The molecule has 0 amide bonds. The van der Waals surface area contributed by atoms with Gasteiger partial charge in [0.25, 0.3) is 0 Å². The van der Waals surface area contributed by atoms with Crippen LogP contribution in [0.3, 0.4) is 0 Å². The molecule has 2 aliphatic carbocycles. The normalized spacial score (nSPS) is 34.6. The van der Waals surface area contributed by atoms with Gasteiger partial charge in [0.1, 0.15) is 15.4 Å². The minimum Gasteiger partial charge on any atom is -0.360 e. The molecule has 14 heavy (non-hydrogen) atoms. The van der Waals surface area contributed by atoms with E-state index in [0.717, 1.165) is 27.3 Å². The third kappa shape index (κ3) is 2.10. The van der Waals surface area contributed by atoms with E-state index in [-0.39, 0.29) is 5.91 Å². The van der Waals surface area contributed by atoms with E-state index in [0.29, 0.717) is 0 Å². The molecule has 0 aromatic rings. The summed E-state index contributed by atoms with van der Waals surface area (Å²) in [5.41, 5.74) is 0. The van der Waals surface area contributed by atoms with E-state index in [2.05, 4.69) is 12.2 Å². The van der Waals surface area contributed by atoms with E-state index < -0.39 is 0 Å². The monoisotopic (exact) mass is 210 g/mol. The van der Waals surface area contributed by atoms with Gasteiger partial charge in [-0.3, -0.25) is 0 Å². The molecule has 0 N–H and O–H groups in total. The molecule has 2 bridgehead atoms. The molecule has 2 radical (unpaired) electrons. The standard InChI is InChI=1S/C11H18O2Si/c1-12-11(13-2)14-7-10-6-8-3-4-9(10)5-8/h3-4,8-11H,5-7H2,1-2H3. The highest BCUT2D eigenvalue weighted by atomic mass is 28.2. The lowest BCUT2D eigenvalue weighted by atomic mass is 9.96. The molecular weight excluding hydrogens is 192 g/mol. The number of rotatable bonds is 5. The summed E-state index contributed by atoms with van der Waals surface area (Å²) in [5.74, 6) is 2.68. The van der Waals surface area contributed by atoms with Crippen molar-refractivity contribution < 1.29 is 9.47 Å². The Morgan fingerprint density at radius 1 is 1.29 bits per heavy atom. The first-order chi connectivity index (χ1) is 6.83. The fourth-order valence-corrected chi connectivity index (χ4v) is 3.94. The van der Waals surface area contributed by atoms with E-state index >= 15 is 0 Å². The van der Waals surface area contributed by atoms with Gasteiger partial charge in [-0.1, -0.05) is 18.2 Å². The maximum absolute atomic E-state index is 5.21. The van der Waals surface area contributed by atoms with Crippen molar-refractivity contribution in [3.63, 3.8) is 0 Å². The summed E-state index contributed by atoms with van der Waals surface area (Å²) in [7, 11) is 4.24. The predicted octanol–water partition coefficient (Wildman–Crippen LogP) is 1.90. The third-order valence-electron chi connectivity index (χ3n) is 3.39. The molecule has 3 atom stereocenters. The zero-order valence-electron chi connectivity index (χ0n) is 8.90. The minimum atomic E-state index is 0.0260. The number of hydrogen-bond donors (Lipinski definition) is 0. The lowest BCUT2D eigenvalue weighted by Crippen LogP contribution is -2.24. The Hall–Kier alpha value is -0.123. The lowest BCUT2D eigenvalue weighted by Gasteiger charge is -2.19. The molecule has 2 aliphatic rings. The van der Waals surface area contributed by atoms with Crippen LogP contribution in [0.25, 0.3) is 0 Å². The van der Waals surface area contributed by atoms with Crippen LogP contribution in [0.1, 0.15) is 12.8 Å². The predicted molar refractivity (Wildman–Crippen MR) is 57.2 cm³/mol. The van der Waals surface area contributed by atoms with E-state index in [9.17, 15) is 0 Å². The maximum Gasteiger partial charge on any atom is 0.136 e. The van der Waals surface area contributed by atoms with Crippen molar-refractivity contribution in [3.05, 3.63) is 12.2 Å². The van der Waals surface area contributed by atoms with Crippen LogP contribution in [0.4, 0.5) is 0 Å². The number of methoxy groups -OCH3 is 2. The highest BCUT2D eigenvalue weighted by molar-refractivity contribution is 6.36. The molecule has 0 heterocycles. The molecule has 1 fully saturated rings. The van der Waals surface area contributed by atoms with Crippen LogP contribution >= 0.6 is 0 Å². The van der Waals surface area contributed by atoms with Crippen LogP contribution in [0, 0.1) is 17.8 Å². The zero-order chi connectivity index (χ0) is 9.97. The van der Waals surface area contributed by atoms with Crippen molar-refractivity contribution >= 4 is 9.52 Å². The molecule has 1 saturated carbocycles. The topological polar surface area (TPSA) is 18.5 Å². The molecule has 78 valence electrons. The molecule has 0 saturated heterocycles. The van der Waals surface area contributed by atoms with Gasteiger partial charge in [0.15, 0.2) is 0 Å². The van der Waals surface area contributed by atoms with Crippen LogP contribution < -0.4 is 0 Å². The molecule has 0 aromatic heterocycles. The van der Waals surface area contributed by atoms with Gasteiger partial charge in [-0.15, -0.1) is 0 Å². The second-order valence-electron chi connectivity index (χ2n) is 4.25. The number of hydrogen-bond acceptors (Lipinski definition) is 2. The first-order valence-electron chi connectivity index (χ1n) is 5.30. The van der Waals surface area contributed by atoms with Crippen molar-refractivity contribution in [2.75, 3.05) is 14.2 Å². The summed E-state index contributed by atoms with van der Waals surface area (Å²) < 4.78 is 10.4. The molecule has 2 rings (SSSR count). The number of fused-ring (bicyclic) bond motifs is 2. The summed E-state index contributed by atoms with van der Waals surface area (Å²) in [6, 6.07) is 1.28. The fourth-order valence-electron chi connectivity index (χ4n) is 2.64. The van der Waals surface area contributed by atoms with Crippen molar-refractivity contribution in [1.29, 1.82) is 0 Å². The Morgan fingerprint density at radius 3 is 2.57 bits per heavy atom. The molecule has 0 aromatic carbocycles. The van der Waals surface area contributed by atoms with Gasteiger partial charge in [-0.25, -0.2) is 0 Å². The Morgan fingerprint density at radius 2 is 2.07 bits per heavy atom. The fraction of sp³-hybridized carbons (Fsp3) is 0.818. The van der Waals surface area contributed by atoms with Gasteiger partial charge in [-0.2, -0.15) is 0 Å². The average Bonchev–Trinajstić information content (AvgIpc) is 2.80. The molecule has 3 unspecified atom stereocenters. The number of ether oxygens (including phenoxy) is 2. The highest BCUT2D eigenvalue weighted by Gasteiger charge is 2.35. The minimum absolute atomic E-state index is 0.0260. The SMILES string of the molecule is COC(OC)[Si]CC1CC2C=CC1C2. The Balaban J connectivity index is 1.74. The Labute approximate surface area is 88.5 Å². The molecule has 3 heteroatoms.